The molecule has 7 rings (SSSR count). The van der Waals surface area contributed by atoms with Crippen LogP contribution in [0.1, 0.15) is 35.4 Å². The molecule has 10 nitrogen and oxygen atoms in total. The number of benzene rings is 3. The number of aryl methyl sites for hydroxylation is 1. The summed E-state index contributed by atoms with van der Waals surface area (Å²) in [4.78, 5) is 69.0. The van der Waals surface area contributed by atoms with Gasteiger partial charge in [0.15, 0.2) is 0 Å². The van der Waals surface area contributed by atoms with Gasteiger partial charge in [0, 0.05) is 16.5 Å². The topological polar surface area (TPSA) is 150 Å². The number of nitrogens with zero attached hydrogens (tertiary/aromatic N) is 2. The first-order valence-corrected chi connectivity index (χ1v) is 15.2. The van der Waals surface area contributed by atoms with E-state index >= 15 is 4.79 Å². The Bertz CT molecular complexity index is 1880. The monoisotopic (exact) mass is 642 g/mol. The number of imide groups is 4. The maximum atomic E-state index is 15.0. The number of urea groups is 1. The number of aromatic hydroxyl groups is 1. The second-order valence-electron chi connectivity index (χ2n) is 12.2. The van der Waals surface area contributed by atoms with Crippen molar-refractivity contribution in [2.75, 3.05) is 5.43 Å². The van der Waals surface area contributed by atoms with E-state index in [9.17, 15) is 28.7 Å². The summed E-state index contributed by atoms with van der Waals surface area (Å²) in [5.74, 6) is -7.93. The van der Waals surface area contributed by atoms with Gasteiger partial charge in [0.2, 0.25) is 11.8 Å². The Labute approximate surface area is 267 Å². The maximum Gasteiger partial charge on any atom is 0.328 e. The summed E-state index contributed by atoms with van der Waals surface area (Å²) < 4.78 is 13.7. The molecule has 4 N–H and O–H groups in total. The predicted molar refractivity (Wildman–Crippen MR) is 163 cm³/mol. The zero-order valence-corrected chi connectivity index (χ0v) is 25.2. The number of para-hydroxylation sites is 1. The highest BCUT2D eigenvalue weighted by molar-refractivity contribution is 6.30. The molecule has 12 heteroatoms. The number of rotatable bonds is 4. The third kappa shape index (κ3) is 4.04. The normalized spacial score (nSPS) is 28.5. The van der Waals surface area contributed by atoms with Crippen LogP contribution in [-0.4, -0.2) is 44.7 Å². The van der Waals surface area contributed by atoms with Crippen LogP contribution in [0, 0.1) is 36.4 Å². The van der Waals surface area contributed by atoms with Crippen LogP contribution in [0.4, 0.5) is 14.9 Å². The number of carbonyl (C=O) groups excluding carboxylic acids is 5. The number of primary amides is 1. The number of carbonyl (C=O) groups is 5. The standard InChI is InChI=1S/C34H28ClFN4O6/c1-16-3-2-4-23(28(16)41)27-21-13-14-22-26(31(44)39(29(22)42)33(37)46)24(21)15-25-30(43)40(38-20-11-9-19(36)10-12-20)32(45)34(25,27)17-5-7-18(35)8-6-17/h2-13,22,24-27,38,41H,14-15H2,1H3,(H2,37,46)/t22-,24+,25-,26-,27+,34+/m0/s1. The van der Waals surface area contributed by atoms with Crippen molar-refractivity contribution in [1.82, 2.24) is 9.91 Å². The lowest BCUT2D eigenvalue weighted by Crippen LogP contribution is -2.53. The molecule has 4 aliphatic rings. The maximum absolute atomic E-state index is 15.0. The summed E-state index contributed by atoms with van der Waals surface area (Å²) in [6.07, 6.45) is 1.88. The van der Waals surface area contributed by atoms with Crippen LogP contribution in [0.2, 0.25) is 5.02 Å². The third-order valence-electron chi connectivity index (χ3n) is 10.1. The minimum Gasteiger partial charge on any atom is -0.507 e. The summed E-state index contributed by atoms with van der Waals surface area (Å²) in [5, 5.41) is 12.9. The van der Waals surface area contributed by atoms with Gasteiger partial charge >= 0.3 is 6.03 Å². The van der Waals surface area contributed by atoms with E-state index in [0.29, 0.717) is 32.2 Å². The number of likely N-dealkylation sites (tertiary alicyclic amines) is 1. The SMILES string of the molecule is Cc1cccc([C@H]2C3=CC[C@@H]4C(=O)N(C(N)=O)C(=O)[C@@H]4[C@@H]3C[C@H]3C(=O)N(Nc4ccc(F)cc4)C(=O)[C@@]23c2ccc(Cl)cc2)c1O. The Balaban J connectivity index is 1.48. The lowest BCUT2D eigenvalue weighted by Gasteiger charge is -2.50. The number of nitrogens with two attached hydrogens (primary N) is 1. The van der Waals surface area contributed by atoms with Gasteiger partial charge in [-0.1, -0.05) is 53.6 Å². The highest BCUT2D eigenvalue weighted by Gasteiger charge is 2.70. The lowest BCUT2D eigenvalue weighted by molar-refractivity contribution is -0.139. The molecule has 2 aliphatic carbocycles. The van der Waals surface area contributed by atoms with Crippen molar-refractivity contribution in [1.29, 1.82) is 0 Å². The van der Waals surface area contributed by atoms with Gasteiger partial charge in [0.25, 0.3) is 11.8 Å². The van der Waals surface area contributed by atoms with Crippen LogP contribution in [0.3, 0.4) is 0 Å². The summed E-state index contributed by atoms with van der Waals surface area (Å²) in [7, 11) is 0. The Morgan fingerprint density at radius 2 is 1.67 bits per heavy atom. The van der Waals surface area contributed by atoms with Crippen molar-refractivity contribution in [3.63, 3.8) is 0 Å². The quantitative estimate of drug-likeness (QED) is 0.279. The van der Waals surface area contributed by atoms with E-state index in [1.807, 2.05) is 0 Å². The van der Waals surface area contributed by atoms with Crippen LogP contribution in [-0.2, 0) is 24.6 Å². The Hall–Kier alpha value is -5.03. The average Bonchev–Trinajstić information content (AvgIpc) is 3.41. The molecule has 0 spiro atoms. The third-order valence-corrected chi connectivity index (χ3v) is 10.3. The minimum atomic E-state index is -1.63. The Morgan fingerprint density at radius 1 is 0.978 bits per heavy atom. The fourth-order valence-corrected chi connectivity index (χ4v) is 8.26. The number of fused-ring (bicyclic) bond motifs is 4. The fraction of sp³-hybridized carbons (Fsp3) is 0.265. The zero-order valence-electron chi connectivity index (χ0n) is 24.4. The molecule has 0 bridgehead atoms. The summed E-state index contributed by atoms with van der Waals surface area (Å²) in [6.45, 7) is 1.71. The van der Waals surface area contributed by atoms with Gasteiger partial charge in [-0.25, -0.2) is 9.18 Å². The summed E-state index contributed by atoms with van der Waals surface area (Å²) in [6, 6.07) is 15.7. The predicted octanol–water partition coefficient (Wildman–Crippen LogP) is 4.56. The highest BCUT2D eigenvalue weighted by Crippen LogP contribution is 2.65. The van der Waals surface area contributed by atoms with E-state index in [2.05, 4.69) is 5.43 Å². The molecule has 6 atom stereocenters. The number of halogens is 2. The number of hydrogen-bond donors (Lipinski definition) is 3. The molecule has 3 aromatic carbocycles. The lowest BCUT2D eigenvalue weighted by atomic mass is 9.49. The van der Waals surface area contributed by atoms with Gasteiger partial charge in [0.1, 0.15) is 11.6 Å². The van der Waals surface area contributed by atoms with Crippen LogP contribution < -0.4 is 11.2 Å². The number of hydrazine groups is 1. The van der Waals surface area contributed by atoms with E-state index < -0.39 is 70.5 Å². The van der Waals surface area contributed by atoms with Gasteiger partial charge in [-0.05, 0) is 73.2 Å². The van der Waals surface area contributed by atoms with Gasteiger partial charge in [-0.15, -0.1) is 0 Å². The molecule has 46 heavy (non-hydrogen) atoms. The molecule has 2 heterocycles. The molecule has 0 aromatic heterocycles. The molecule has 0 unspecified atom stereocenters. The molecule has 3 fully saturated rings. The number of phenols is 1. The Kier molecular flexibility index (Phi) is 6.78. The summed E-state index contributed by atoms with van der Waals surface area (Å²) in [5.41, 5.74) is 8.91. The van der Waals surface area contributed by atoms with Crippen molar-refractivity contribution < 1.29 is 33.5 Å². The van der Waals surface area contributed by atoms with Crippen LogP contribution in [0.25, 0.3) is 0 Å². The number of phenolic OH excluding ortho intramolecular Hbond substituents is 1. The van der Waals surface area contributed by atoms with Crippen molar-refractivity contribution >= 4 is 46.9 Å². The van der Waals surface area contributed by atoms with E-state index in [0.717, 1.165) is 5.01 Å². The molecule has 6 amide bonds. The van der Waals surface area contributed by atoms with Crippen LogP contribution >= 0.6 is 11.6 Å². The first-order chi connectivity index (χ1) is 22.0. The van der Waals surface area contributed by atoms with E-state index in [-0.39, 0.29) is 24.3 Å². The molecule has 234 valence electrons. The smallest absolute Gasteiger partial charge is 0.328 e. The molecule has 0 radical (unpaired) electrons. The molecule has 2 saturated heterocycles. The van der Waals surface area contributed by atoms with Gasteiger partial charge in [0.05, 0.1) is 28.9 Å². The number of allylic oxidation sites excluding steroid dienone is 2. The van der Waals surface area contributed by atoms with Crippen molar-refractivity contribution in [3.8, 4) is 5.75 Å². The zero-order chi connectivity index (χ0) is 32.7. The largest absolute Gasteiger partial charge is 0.507 e. The van der Waals surface area contributed by atoms with E-state index in [4.69, 9.17) is 17.3 Å². The first kappa shape index (κ1) is 29.7. The van der Waals surface area contributed by atoms with E-state index in [1.165, 1.54) is 24.3 Å². The number of nitrogens with one attached hydrogen (secondary N) is 1. The molecule has 1 saturated carbocycles. The minimum absolute atomic E-state index is 0.0174. The Morgan fingerprint density at radius 3 is 2.35 bits per heavy atom. The average molecular weight is 643 g/mol. The second-order valence-corrected chi connectivity index (χ2v) is 12.7. The van der Waals surface area contributed by atoms with E-state index in [1.54, 1.807) is 55.5 Å². The molecule has 2 aliphatic heterocycles. The van der Waals surface area contributed by atoms with Crippen LogP contribution in [0.15, 0.2) is 78.4 Å². The highest BCUT2D eigenvalue weighted by atomic mass is 35.5. The molecular weight excluding hydrogens is 615 g/mol. The molecular formula is C34H28ClFN4O6. The number of amides is 6. The van der Waals surface area contributed by atoms with Crippen LogP contribution in [0.5, 0.6) is 5.75 Å². The first-order valence-electron chi connectivity index (χ1n) is 14.8. The van der Waals surface area contributed by atoms with Crippen molar-refractivity contribution in [2.45, 2.75) is 31.1 Å². The number of anilines is 1. The van der Waals surface area contributed by atoms with Gasteiger partial charge in [-0.3, -0.25) is 24.6 Å². The van der Waals surface area contributed by atoms with Crippen molar-refractivity contribution in [2.24, 2.45) is 29.4 Å². The van der Waals surface area contributed by atoms with Gasteiger partial charge < -0.3 is 10.8 Å². The van der Waals surface area contributed by atoms with Crippen molar-refractivity contribution in [3.05, 3.63) is 106 Å². The molecule has 3 aromatic rings. The fourth-order valence-electron chi connectivity index (χ4n) is 8.13. The second kappa shape index (κ2) is 10.5. The van der Waals surface area contributed by atoms with Gasteiger partial charge in [-0.2, -0.15) is 9.91 Å². The number of hydrogen-bond acceptors (Lipinski definition) is 7. The summed E-state index contributed by atoms with van der Waals surface area (Å²) >= 11 is 6.28.